The molecule has 0 aliphatic carbocycles. The van der Waals surface area contributed by atoms with Crippen LogP contribution in [0.4, 0.5) is 0 Å². The van der Waals surface area contributed by atoms with Gasteiger partial charge in [-0.2, -0.15) is 0 Å². The first-order chi connectivity index (χ1) is 7.75. The third-order valence-corrected chi connectivity index (χ3v) is 3.28. The minimum absolute atomic E-state index is 0. The minimum atomic E-state index is 0. The Bertz CT molecular complexity index is 270. The fourth-order valence-electron chi connectivity index (χ4n) is 2.25. The van der Waals surface area contributed by atoms with Gasteiger partial charge in [-0.15, -0.1) is 12.4 Å². The maximum absolute atomic E-state index is 11.9. The van der Waals surface area contributed by atoms with Gasteiger partial charge in [0.15, 0.2) is 0 Å². The summed E-state index contributed by atoms with van der Waals surface area (Å²) in [6, 6.07) is 0.118. The molecule has 2 rings (SSSR count). The molecule has 17 heavy (non-hydrogen) atoms. The van der Waals surface area contributed by atoms with Crippen molar-refractivity contribution in [1.29, 1.82) is 0 Å². The van der Waals surface area contributed by atoms with Crippen LogP contribution in [0, 0.1) is 5.92 Å². The topological polar surface area (TPSA) is 70.2 Å². The number of halogens is 1. The van der Waals surface area contributed by atoms with Crippen molar-refractivity contribution in [2.24, 2.45) is 5.92 Å². The molecule has 0 saturated carbocycles. The minimum Gasteiger partial charge on any atom is -0.354 e. The zero-order valence-corrected chi connectivity index (χ0v) is 10.6. The van der Waals surface area contributed by atoms with Crippen LogP contribution in [0.2, 0.25) is 0 Å². The zero-order chi connectivity index (χ0) is 11.4. The summed E-state index contributed by atoms with van der Waals surface area (Å²) >= 11 is 0. The smallest absolute Gasteiger partial charge is 0.224 e. The maximum Gasteiger partial charge on any atom is 0.224 e. The van der Waals surface area contributed by atoms with Crippen LogP contribution in [0.25, 0.3) is 0 Å². The fraction of sp³-hybridized carbons (Fsp3) is 0.818. The Morgan fingerprint density at radius 3 is 2.71 bits per heavy atom. The van der Waals surface area contributed by atoms with Gasteiger partial charge in [-0.05, 0) is 25.8 Å². The second kappa shape index (κ2) is 6.81. The SMILES string of the molecule is Cl.O=C1CCC(NC(=O)[C@@H]2CCCNC2)CN1. The Morgan fingerprint density at radius 2 is 2.12 bits per heavy atom. The lowest BCUT2D eigenvalue weighted by Gasteiger charge is -2.27. The van der Waals surface area contributed by atoms with Gasteiger partial charge in [0.05, 0.1) is 5.92 Å². The molecular formula is C11H20ClN3O2. The lowest BCUT2D eigenvalue weighted by Crippen LogP contribution is -2.51. The number of piperidine rings is 2. The van der Waals surface area contributed by atoms with Crippen molar-refractivity contribution < 1.29 is 9.59 Å². The largest absolute Gasteiger partial charge is 0.354 e. The summed E-state index contributed by atoms with van der Waals surface area (Å²) in [5.41, 5.74) is 0. The Labute approximate surface area is 108 Å². The molecule has 5 nitrogen and oxygen atoms in total. The zero-order valence-electron chi connectivity index (χ0n) is 9.83. The summed E-state index contributed by atoms with van der Waals surface area (Å²) in [6.07, 6.45) is 3.32. The van der Waals surface area contributed by atoms with Crippen LogP contribution >= 0.6 is 12.4 Å². The Hall–Kier alpha value is -0.810. The fourth-order valence-corrected chi connectivity index (χ4v) is 2.25. The molecule has 0 aromatic heterocycles. The van der Waals surface area contributed by atoms with Gasteiger partial charge < -0.3 is 16.0 Å². The molecule has 98 valence electrons. The third-order valence-electron chi connectivity index (χ3n) is 3.28. The van der Waals surface area contributed by atoms with Crippen LogP contribution < -0.4 is 16.0 Å². The molecule has 6 heteroatoms. The quantitative estimate of drug-likeness (QED) is 0.645. The average molecular weight is 262 g/mol. The number of hydrogen-bond donors (Lipinski definition) is 3. The number of nitrogens with one attached hydrogen (secondary N) is 3. The highest BCUT2D eigenvalue weighted by molar-refractivity contribution is 5.85. The molecule has 1 unspecified atom stereocenters. The highest BCUT2D eigenvalue weighted by Gasteiger charge is 2.25. The lowest BCUT2D eigenvalue weighted by atomic mass is 9.97. The van der Waals surface area contributed by atoms with Gasteiger partial charge in [0, 0.05) is 25.6 Å². The van der Waals surface area contributed by atoms with E-state index in [0.717, 1.165) is 32.4 Å². The van der Waals surface area contributed by atoms with E-state index in [2.05, 4.69) is 16.0 Å². The first-order valence-electron chi connectivity index (χ1n) is 6.03. The van der Waals surface area contributed by atoms with Gasteiger partial charge >= 0.3 is 0 Å². The molecule has 0 spiro atoms. The van der Waals surface area contributed by atoms with E-state index in [-0.39, 0.29) is 36.2 Å². The molecule has 2 amide bonds. The summed E-state index contributed by atoms with van der Waals surface area (Å²) in [5, 5.41) is 9.02. The van der Waals surface area contributed by atoms with E-state index in [1.807, 2.05) is 0 Å². The molecule has 0 aromatic carbocycles. The highest BCUT2D eigenvalue weighted by atomic mass is 35.5. The van der Waals surface area contributed by atoms with Gasteiger partial charge in [-0.3, -0.25) is 9.59 Å². The van der Waals surface area contributed by atoms with Crippen LogP contribution in [0.1, 0.15) is 25.7 Å². The molecule has 2 heterocycles. The second-order valence-corrected chi connectivity index (χ2v) is 4.59. The summed E-state index contributed by atoms with van der Waals surface area (Å²) in [6.45, 7) is 2.37. The van der Waals surface area contributed by atoms with E-state index >= 15 is 0 Å². The van der Waals surface area contributed by atoms with Crippen LogP contribution in [0.15, 0.2) is 0 Å². The first kappa shape index (κ1) is 14.3. The van der Waals surface area contributed by atoms with Gasteiger partial charge in [0.2, 0.25) is 11.8 Å². The van der Waals surface area contributed by atoms with E-state index in [0.29, 0.717) is 13.0 Å². The number of rotatable bonds is 2. The average Bonchev–Trinajstić information content (AvgIpc) is 2.33. The monoisotopic (exact) mass is 261 g/mol. The van der Waals surface area contributed by atoms with Crippen LogP contribution in [-0.2, 0) is 9.59 Å². The molecule has 2 fully saturated rings. The molecule has 2 aliphatic rings. The number of hydrogen-bond acceptors (Lipinski definition) is 3. The molecule has 3 N–H and O–H groups in total. The van der Waals surface area contributed by atoms with Gasteiger partial charge in [-0.1, -0.05) is 0 Å². The van der Waals surface area contributed by atoms with Crippen molar-refractivity contribution in [2.45, 2.75) is 31.7 Å². The third kappa shape index (κ3) is 4.16. The number of carbonyl (C=O) groups excluding carboxylic acids is 2. The predicted molar refractivity (Wildman–Crippen MR) is 67.0 cm³/mol. The molecule has 0 aromatic rings. The Kier molecular flexibility index (Phi) is 5.71. The van der Waals surface area contributed by atoms with E-state index < -0.39 is 0 Å². The molecular weight excluding hydrogens is 242 g/mol. The molecule has 2 atom stereocenters. The number of amides is 2. The van der Waals surface area contributed by atoms with Crippen molar-refractivity contribution in [1.82, 2.24) is 16.0 Å². The second-order valence-electron chi connectivity index (χ2n) is 4.59. The van der Waals surface area contributed by atoms with Crippen molar-refractivity contribution in [3.8, 4) is 0 Å². The van der Waals surface area contributed by atoms with E-state index in [1.165, 1.54) is 0 Å². The van der Waals surface area contributed by atoms with Crippen molar-refractivity contribution in [3.63, 3.8) is 0 Å². The van der Waals surface area contributed by atoms with E-state index in [1.54, 1.807) is 0 Å². The van der Waals surface area contributed by atoms with Gasteiger partial charge in [-0.25, -0.2) is 0 Å². The van der Waals surface area contributed by atoms with E-state index in [9.17, 15) is 9.59 Å². The lowest BCUT2D eigenvalue weighted by molar-refractivity contribution is -0.128. The molecule has 2 aliphatic heterocycles. The van der Waals surface area contributed by atoms with Crippen molar-refractivity contribution >= 4 is 24.2 Å². The predicted octanol–water partition coefficient (Wildman–Crippen LogP) is -0.197. The first-order valence-corrected chi connectivity index (χ1v) is 6.03. The maximum atomic E-state index is 11.9. The highest BCUT2D eigenvalue weighted by Crippen LogP contribution is 2.11. The molecule has 0 bridgehead atoms. The normalized spacial score (nSPS) is 28.8. The van der Waals surface area contributed by atoms with Gasteiger partial charge in [0.25, 0.3) is 0 Å². The van der Waals surface area contributed by atoms with Crippen molar-refractivity contribution in [2.75, 3.05) is 19.6 Å². The van der Waals surface area contributed by atoms with E-state index in [4.69, 9.17) is 0 Å². The Balaban J connectivity index is 0.00000144. The summed E-state index contributed by atoms with van der Waals surface area (Å²) < 4.78 is 0. The molecule has 2 saturated heterocycles. The molecule has 0 radical (unpaired) electrons. The van der Waals surface area contributed by atoms with Crippen LogP contribution in [0.5, 0.6) is 0 Å². The van der Waals surface area contributed by atoms with Crippen LogP contribution in [-0.4, -0.2) is 37.5 Å². The summed E-state index contributed by atoms with van der Waals surface area (Å²) in [7, 11) is 0. The van der Waals surface area contributed by atoms with Gasteiger partial charge in [0.1, 0.15) is 0 Å². The van der Waals surface area contributed by atoms with Crippen LogP contribution in [0.3, 0.4) is 0 Å². The summed E-state index contributed by atoms with van der Waals surface area (Å²) in [5.74, 6) is 0.324. The summed E-state index contributed by atoms with van der Waals surface area (Å²) in [4.78, 5) is 22.8. The standard InChI is InChI=1S/C11H19N3O2.ClH/c15-10-4-3-9(7-13-10)14-11(16)8-2-1-5-12-6-8;/h8-9,12H,1-7H2,(H,13,15)(H,14,16);1H/t8-,9?;/m1./s1. The number of carbonyl (C=O) groups is 2. The Morgan fingerprint density at radius 1 is 1.29 bits per heavy atom. The van der Waals surface area contributed by atoms with Crippen molar-refractivity contribution in [3.05, 3.63) is 0 Å².